The molecule has 3 heterocycles. The summed E-state index contributed by atoms with van der Waals surface area (Å²) in [6.45, 7) is 2.99. The van der Waals surface area contributed by atoms with Crippen molar-refractivity contribution in [2.24, 2.45) is 0 Å². The Kier molecular flexibility index (Phi) is 4.26. The fraction of sp³-hybridized carbons (Fsp3) is 0.333. The number of aryl methyl sites for hydroxylation is 1. The second-order valence-electron chi connectivity index (χ2n) is 6.48. The quantitative estimate of drug-likeness (QED) is 0.740. The first-order chi connectivity index (χ1) is 12.6. The lowest BCUT2D eigenvalue weighted by atomic mass is 10.0. The van der Waals surface area contributed by atoms with Gasteiger partial charge in [-0.3, -0.25) is 4.79 Å². The van der Waals surface area contributed by atoms with Crippen LogP contribution in [0.1, 0.15) is 28.9 Å². The van der Waals surface area contributed by atoms with Crippen molar-refractivity contribution in [3.05, 3.63) is 53.4 Å². The molecule has 0 radical (unpaired) electrons. The number of nitrogens with zero attached hydrogens (tertiary/aromatic N) is 4. The van der Waals surface area contributed by atoms with Crippen molar-refractivity contribution in [1.82, 2.24) is 30.3 Å². The molecule has 0 saturated carbocycles. The highest BCUT2D eigenvalue weighted by molar-refractivity contribution is 5.83. The number of nitrogens with one attached hydrogen (secondary N) is 2. The number of fused-ring (bicyclic) bond motifs is 1. The zero-order valence-corrected chi connectivity index (χ0v) is 14.7. The number of H-pyrrole nitrogens is 1. The van der Waals surface area contributed by atoms with Crippen LogP contribution in [0, 0.1) is 6.92 Å². The van der Waals surface area contributed by atoms with Gasteiger partial charge in [-0.15, -0.1) is 0 Å². The summed E-state index contributed by atoms with van der Waals surface area (Å²) in [4.78, 5) is 26.2. The number of imidazole rings is 1. The topological polar surface area (TPSA) is 99.9 Å². The highest BCUT2D eigenvalue weighted by Gasteiger charge is 2.31. The minimum absolute atomic E-state index is 0.0756. The predicted molar refractivity (Wildman–Crippen MR) is 94.0 cm³/mol. The number of hydrogen-bond acceptors (Lipinski definition) is 6. The smallest absolute Gasteiger partial charge is 0.246 e. The summed E-state index contributed by atoms with van der Waals surface area (Å²) < 4.78 is 5.32. The van der Waals surface area contributed by atoms with E-state index in [1.807, 2.05) is 31.2 Å². The van der Waals surface area contributed by atoms with E-state index in [0.717, 1.165) is 35.5 Å². The van der Waals surface area contributed by atoms with Crippen LogP contribution >= 0.6 is 0 Å². The maximum absolute atomic E-state index is 12.8. The van der Waals surface area contributed by atoms with Crippen LogP contribution in [0.15, 0.2) is 35.1 Å². The Labute approximate surface area is 150 Å². The number of benzene rings is 1. The van der Waals surface area contributed by atoms with E-state index in [0.29, 0.717) is 11.7 Å². The SMILES string of the molecule is Cc1cccc(-c2noc(CN(C)C(=O)C3NCCc4[nH]cnc43)n2)c1. The second-order valence-corrected chi connectivity index (χ2v) is 6.48. The van der Waals surface area contributed by atoms with Gasteiger partial charge in [0.2, 0.25) is 17.6 Å². The molecule has 2 aromatic heterocycles. The van der Waals surface area contributed by atoms with Gasteiger partial charge in [-0.2, -0.15) is 4.98 Å². The molecule has 0 saturated heterocycles. The number of aromatic nitrogens is 4. The van der Waals surface area contributed by atoms with E-state index in [1.165, 1.54) is 0 Å². The molecule has 0 spiro atoms. The number of amides is 1. The van der Waals surface area contributed by atoms with Crippen LogP contribution < -0.4 is 5.32 Å². The summed E-state index contributed by atoms with van der Waals surface area (Å²) in [7, 11) is 1.72. The summed E-state index contributed by atoms with van der Waals surface area (Å²) in [6.07, 6.45) is 2.47. The summed E-state index contributed by atoms with van der Waals surface area (Å²) in [6, 6.07) is 7.44. The van der Waals surface area contributed by atoms with E-state index in [-0.39, 0.29) is 12.5 Å². The number of likely N-dealkylation sites (N-methyl/N-ethyl adjacent to an activating group) is 1. The third-order valence-corrected chi connectivity index (χ3v) is 4.49. The summed E-state index contributed by atoms with van der Waals surface area (Å²) >= 11 is 0. The van der Waals surface area contributed by atoms with Gasteiger partial charge in [0, 0.05) is 31.3 Å². The monoisotopic (exact) mass is 352 g/mol. The Morgan fingerprint density at radius 1 is 1.42 bits per heavy atom. The molecule has 1 aromatic carbocycles. The van der Waals surface area contributed by atoms with Crippen molar-refractivity contribution in [3.63, 3.8) is 0 Å². The molecule has 0 bridgehead atoms. The third-order valence-electron chi connectivity index (χ3n) is 4.49. The van der Waals surface area contributed by atoms with E-state index >= 15 is 0 Å². The van der Waals surface area contributed by atoms with Crippen LogP contribution in [0.2, 0.25) is 0 Å². The molecule has 1 amide bonds. The summed E-state index contributed by atoms with van der Waals surface area (Å²) in [5.74, 6) is 0.846. The van der Waals surface area contributed by atoms with Crippen molar-refractivity contribution in [2.45, 2.75) is 25.9 Å². The first-order valence-corrected chi connectivity index (χ1v) is 8.52. The molecule has 26 heavy (non-hydrogen) atoms. The standard InChI is InChI=1S/C18H20N6O2/c1-11-4-3-5-12(8-11)17-22-14(26-23-17)9-24(2)18(25)16-15-13(6-7-19-16)20-10-21-15/h3-5,8,10,16,19H,6-7,9H2,1-2H3,(H,20,21). The average Bonchev–Trinajstić information content (AvgIpc) is 3.30. The fourth-order valence-electron chi connectivity index (χ4n) is 3.14. The zero-order chi connectivity index (χ0) is 18.1. The van der Waals surface area contributed by atoms with Crippen LogP contribution in [-0.4, -0.2) is 44.5 Å². The van der Waals surface area contributed by atoms with Crippen LogP contribution in [0.25, 0.3) is 11.4 Å². The molecule has 8 heteroatoms. The Morgan fingerprint density at radius 2 is 2.31 bits per heavy atom. The van der Waals surface area contributed by atoms with Gasteiger partial charge in [-0.1, -0.05) is 28.9 Å². The lowest BCUT2D eigenvalue weighted by molar-refractivity contribution is -0.133. The van der Waals surface area contributed by atoms with E-state index in [2.05, 4.69) is 25.4 Å². The van der Waals surface area contributed by atoms with E-state index < -0.39 is 6.04 Å². The lowest BCUT2D eigenvalue weighted by Crippen LogP contribution is -2.42. The van der Waals surface area contributed by atoms with Gasteiger partial charge in [-0.05, 0) is 13.0 Å². The van der Waals surface area contributed by atoms with Crippen molar-refractivity contribution in [2.75, 3.05) is 13.6 Å². The van der Waals surface area contributed by atoms with E-state index in [4.69, 9.17) is 4.52 Å². The van der Waals surface area contributed by atoms with Gasteiger partial charge in [0.05, 0.1) is 18.6 Å². The van der Waals surface area contributed by atoms with Crippen LogP contribution in [-0.2, 0) is 17.8 Å². The first-order valence-electron chi connectivity index (χ1n) is 8.52. The van der Waals surface area contributed by atoms with E-state index in [9.17, 15) is 4.79 Å². The average molecular weight is 352 g/mol. The van der Waals surface area contributed by atoms with Crippen LogP contribution in [0.3, 0.4) is 0 Å². The Bertz CT molecular complexity index is 931. The molecule has 2 N–H and O–H groups in total. The van der Waals surface area contributed by atoms with Gasteiger partial charge in [-0.25, -0.2) is 4.98 Å². The number of rotatable bonds is 4. The fourth-order valence-corrected chi connectivity index (χ4v) is 3.14. The highest BCUT2D eigenvalue weighted by atomic mass is 16.5. The largest absolute Gasteiger partial charge is 0.348 e. The van der Waals surface area contributed by atoms with Gasteiger partial charge in [0.25, 0.3) is 0 Å². The molecular formula is C18H20N6O2. The molecule has 4 rings (SSSR count). The van der Waals surface area contributed by atoms with Gasteiger partial charge < -0.3 is 19.7 Å². The molecule has 0 aliphatic carbocycles. The number of aromatic amines is 1. The van der Waals surface area contributed by atoms with Crippen molar-refractivity contribution in [3.8, 4) is 11.4 Å². The van der Waals surface area contributed by atoms with E-state index in [1.54, 1.807) is 18.3 Å². The molecule has 0 fully saturated rings. The normalized spacial score (nSPS) is 16.3. The Hall–Kier alpha value is -3.00. The third kappa shape index (κ3) is 3.11. The maximum Gasteiger partial charge on any atom is 0.246 e. The molecule has 3 aromatic rings. The second kappa shape index (κ2) is 6.72. The summed E-state index contributed by atoms with van der Waals surface area (Å²) in [5.41, 5.74) is 3.79. The number of hydrogen-bond donors (Lipinski definition) is 2. The minimum atomic E-state index is -0.450. The lowest BCUT2D eigenvalue weighted by Gasteiger charge is -2.26. The maximum atomic E-state index is 12.8. The van der Waals surface area contributed by atoms with Gasteiger partial charge >= 0.3 is 0 Å². The predicted octanol–water partition coefficient (Wildman–Crippen LogP) is 1.61. The molecule has 8 nitrogen and oxygen atoms in total. The molecule has 134 valence electrons. The zero-order valence-electron chi connectivity index (χ0n) is 14.7. The van der Waals surface area contributed by atoms with Crippen LogP contribution in [0.4, 0.5) is 0 Å². The van der Waals surface area contributed by atoms with Gasteiger partial charge in [0.1, 0.15) is 6.04 Å². The molecule has 1 aliphatic rings. The molecule has 1 unspecified atom stereocenters. The molecular weight excluding hydrogens is 332 g/mol. The Balaban J connectivity index is 1.47. The van der Waals surface area contributed by atoms with Crippen LogP contribution in [0.5, 0.6) is 0 Å². The van der Waals surface area contributed by atoms with Crippen molar-refractivity contribution < 1.29 is 9.32 Å². The van der Waals surface area contributed by atoms with Gasteiger partial charge in [0.15, 0.2) is 0 Å². The minimum Gasteiger partial charge on any atom is -0.348 e. The summed E-state index contributed by atoms with van der Waals surface area (Å²) in [5, 5.41) is 7.25. The van der Waals surface area contributed by atoms with Crippen molar-refractivity contribution >= 4 is 5.91 Å². The Morgan fingerprint density at radius 3 is 3.15 bits per heavy atom. The molecule has 1 atom stereocenters. The van der Waals surface area contributed by atoms with Crippen molar-refractivity contribution in [1.29, 1.82) is 0 Å². The molecule has 1 aliphatic heterocycles. The first kappa shape index (κ1) is 16.5. The number of carbonyl (C=O) groups is 1. The number of carbonyl (C=O) groups excluding carboxylic acids is 1. The highest BCUT2D eigenvalue weighted by Crippen LogP contribution is 2.22.